The monoisotopic (exact) mass is 206 g/mol. The maximum Gasteiger partial charge on any atom is -0.0187 e. The molecule has 1 spiro atoms. The van der Waals surface area contributed by atoms with E-state index < -0.39 is 0 Å². The van der Waals surface area contributed by atoms with E-state index in [1.54, 1.807) is 6.42 Å². The number of fused-ring (bicyclic) bond motifs is 1. The van der Waals surface area contributed by atoms with Crippen LogP contribution in [0.2, 0.25) is 0 Å². The molecular weight excluding hydrogens is 180 g/mol. The Kier molecular flexibility index (Phi) is 1.91. The summed E-state index contributed by atoms with van der Waals surface area (Å²) in [5.41, 5.74) is 1.37. The van der Waals surface area contributed by atoms with Gasteiger partial charge in [-0.2, -0.15) is 0 Å². The average Bonchev–Trinajstić information content (AvgIpc) is 2.53. The lowest BCUT2D eigenvalue weighted by Crippen LogP contribution is -2.46. The van der Waals surface area contributed by atoms with E-state index in [4.69, 9.17) is 0 Å². The summed E-state index contributed by atoms with van der Waals surface area (Å²) in [6.45, 7) is 10.2. The Hall–Kier alpha value is 0. The first kappa shape index (κ1) is 10.2. The lowest BCUT2D eigenvalue weighted by atomic mass is 9.52. The summed E-state index contributed by atoms with van der Waals surface area (Å²) in [5.74, 6) is 4.10. The molecule has 0 aromatic carbocycles. The van der Waals surface area contributed by atoms with Gasteiger partial charge < -0.3 is 0 Å². The fourth-order valence-corrected chi connectivity index (χ4v) is 6.02. The number of hydrogen-bond donors (Lipinski definition) is 0. The van der Waals surface area contributed by atoms with Crippen LogP contribution in [0.4, 0.5) is 0 Å². The highest BCUT2D eigenvalue weighted by molar-refractivity contribution is 5.15. The molecule has 0 saturated heterocycles. The van der Waals surface area contributed by atoms with E-state index in [1.165, 1.54) is 25.7 Å². The smallest absolute Gasteiger partial charge is 0.0187 e. The van der Waals surface area contributed by atoms with Gasteiger partial charge in [0.25, 0.3) is 0 Å². The van der Waals surface area contributed by atoms with Crippen molar-refractivity contribution in [1.29, 1.82) is 0 Å². The largest absolute Gasteiger partial charge is 0.0622 e. The Morgan fingerprint density at radius 3 is 2.47 bits per heavy atom. The first-order valence-electron chi connectivity index (χ1n) is 7.00. The van der Waals surface area contributed by atoms with Crippen molar-refractivity contribution in [1.82, 2.24) is 0 Å². The van der Waals surface area contributed by atoms with Crippen LogP contribution >= 0.6 is 0 Å². The first-order valence-corrected chi connectivity index (χ1v) is 7.00. The maximum absolute atomic E-state index is 2.59. The van der Waals surface area contributed by atoms with Crippen LogP contribution in [0.5, 0.6) is 0 Å². The van der Waals surface area contributed by atoms with E-state index in [-0.39, 0.29) is 0 Å². The zero-order valence-corrected chi connectivity index (χ0v) is 10.8. The summed E-state index contributed by atoms with van der Waals surface area (Å²) in [7, 11) is 0. The Balaban J connectivity index is 2.10. The van der Waals surface area contributed by atoms with Crippen molar-refractivity contribution < 1.29 is 0 Å². The van der Waals surface area contributed by atoms with E-state index in [0.717, 1.165) is 29.1 Å². The summed E-state index contributed by atoms with van der Waals surface area (Å²) in [5, 5.41) is 0. The summed E-state index contributed by atoms with van der Waals surface area (Å²) < 4.78 is 0. The zero-order chi connectivity index (χ0) is 10.8. The van der Waals surface area contributed by atoms with Gasteiger partial charge >= 0.3 is 0 Å². The van der Waals surface area contributed by atoms with Crippen LogP contribution in [-0.4, -0.2) is 0 Å². The van der Waals surface area contributed by atoms with Gasteiger partial charge in [-0.1, -0.05) is 27.7 Å². The van der Waals surface area contributed by atoms with E-state index >= 15 is 0 Å². The Labute approximate surface area is 94.8 Å². The van der Waals surface area contributed by atoms with Crippen molar-refractivity contribution in [2.24, 2.45) is 34.5 Å². The minimum atomic E-state index is 0.639. The van der Waals surface area contributed by atoms with Gasteiger partial charge in [-0.05, 0) is 66.6 Å². The molecule has 2 bridgehead atoms. The van der Waals surface area contributed by atoms with Gasteiger partial charge in [0, 0.05) is 0 Å². The topological polar surface area (TPSA) is 0 Å². The van der Waals surface area contributed by atoms with Crippen LogP contribution < -0.4 is 0 Å². The van der Waals surface area contributed by atoms with Crippen LogP contribution in [0.3, 0.4) is 0 Å². The normalized spacial score (nSPS) is 56.8. The lowest BCUT2D eigenvalue weighted by Gasteiger charge is -2.52. The highest BCUT2D eigenvalue weighted by Gasteiger charge is 2.66. The molecule has 15 heavy (non-hydrogen) atoms. The molecule has 0 nitrogen and oxygen atoms in total. The van der Waals surface area contributed by atoms with Gasteiger partial charge in [0.15, 0.2) is 0 Å². The molecule has 0 aliphatic heterocycles. The Morgan fingerprint density at radius 1 is 1.00 bits per heavy atom. The molecule has 3 aliphatic carbocycles. The lowest BCUT2D eigenvalue weighted by molar-refractivity contribution is -0.0406. The standard InChI is InChI=1S/C15H26/c1-10-7-8-15-11(2)5-6-12(9-13(10)15)14(15,3)4/h10-13H,5-9H2,1-4H3. The molecule has 0 radical (unpaired) electrons. The number of hydrogen-bond acceptors (Lipinski definition) is 0. The third-order valence-corrected chi connectivity index (χ3v) is 6.95. The highest BCUT2D eigenvalue weighted by atomic mass is 14.7. The molecule has 5 atom stereocenters. The molecule has 3 fully saturated rings. The van der Waals surface area contributed by atoms with Gasteiger partial charge in [0.1, 0.15) is 0 Å². The van der Waals surface area contributed by atoms with Crippen LogP contribution in [0.1, 0.15) is 59.8 Å². The van der Waals surface area contributed by atoms with Crippen LogP contribution in [-0.2, 0) is 0 Å². The first-order chi connectivity index (χ1) is 7.00. The zero-order valence-electron chi connectivity index (χ0n) is 10.8. The molecule has 0 N–H and O–H groups in total. The third kappa shape index (κ3) is 0.953. The second kappa shape index (κ2) is 2.81. The second-order valence-corrected chi connectivity index (χ2v) is 7.30. The van der Waals surface area contributed by atoms with Gasteiger partial charge in [0.2, 0.25) is 0 Å². The minimum Gasteiger partial charge on any atom is -0.0622 e. The van der Waals surface area contributed by atoms with Gasteiger partial charge in [0.05, 0.1) is 0 Å². The second-order valence-electron chi connectivity index (χ2n) is 7.30. The average molecular weight is 206 g/mol. The molecule has 0 heteroatoms. The summed E-state index contributed by atoms with van der Waals surface area (Å²) >= 11 is 0. The SMILES string of the molecule is CC1CCC23C(C)CCC(CC12)C3(C)C. The van der Waals surface area contributed by atoms with Crippen LogP contribution in [0, 0.1) is 34.5 Å². The summed E-state index contributed by atoms with van der Waals surface area (Å²) in [4.78, 5) is 0. The molecule has 3 aliphatic rings. The minimum absolute atomic E-state index is 0.639. The van der Waals surface area contributed by atoms with Crippen LogP contribution in [0.15, 0.2) is 0 Å². The molecular formula is C15H26. The molecule has 0 aromatic heterocycles. The van der Waals surface area contributed by atoms with Crippen molar-refractivity contribution in [3.63, 3.8) is 0 Å². The van der Waals surface area contributed by atoms with E-state index in [9.17, 15) is 0 Å². The maximum atomic E-state index is 2.59. The van der Waals surface area contributed by atoms with E-state index in [1.807, 2.05) is 0 Å². The van der Waals surface area contributed by atoms with Gasteiger partial charge in [-0.25, -0.2) is 0 Å². The van der Waals surface area contributed by atoms with Crippen molar-refractivity contribution in [2.45, 2.75) is 59.8 Å². The summed E-state index contributed by atoms with van der Waals surface area (Å²) in [6, 6.07) is 0. The highest BCUT2D eigenvalue weighted by Crippen LogP contribution is 2.74. The third-order valence-electron chi connectivity index (χ3n) is 6.95. The van der Waals surface area contributed by atoms with Crippen molar-refractivity contribution in [3.05, 3.63) is 0 Å². The molecule has 3 saturated carbocycles. The molecule has 3 rings (SSSR count). The van der Waals surface area contributed by atoms with Gasteiger partial charge in [-0.3, -0.25) is 0 Å². The summed E-state index contributed by atoms with van der Waals surface area (Å²) in [6.07, 6.45) is 7.61. The van der Waals surface area contributed by atoms with Crippen LogP contribution in [0.25, 0.3) is 0 Å². The predicted molar refractivity (Wildman–Crippen MR) is 64.6 cm³/mol. The van der Waals surface area contributed by atoms with E-state index in [0.29, 0.717) is 5.41 Å². The van der Waals surface area contributed by atoms with Crippen molar-refractivity contribution >= 4 is 0 Å². The molecule has 0 heterocycles. The quantitative estimate of drug-likeness (QED) is 0.547. The van der Waals surface area contributed by atoms with E-state index in [2.05, 4.69) is 27.7 Å². The Morgan fingerprint density at radius 2 is 1.73 bits per heavy atom. The fourth-order valence-electron chi connectivity index (χ4n) is 6.02. The predicted octanol–water partition coefficient (Wildman–Crippen LogP) is 4.49. The molecule has 86 valence electrons. The Bertz CT molecular complexity index is 278. The van der Waals surface area contributed by atoms with Gasteiger partial charge in [-0.15, -0.1) is 0 Å². The molecule has 5 unspecified atom stereocenters. The fraction of sp³-hybridized carbons (Fsp3) is 1.00. The van der Waals surface area contributed by atoms with Crippen molar-refractivity contribution in [2.75, 3.05) is 0 Å². The number of rotatable bonds is 0. The van der Waals surface area contributed by atoms with Crippen molar-refractivity contribution in [3.8, 4) is 0 Å². The molecule has 0 amide bonds. The molecule has 0 aromatic rings.